The molecule has 1 aromatic rings. The summed E-state index contributed by atoms with van der Waals surface area (Å²) in [6, 6.07) is 2.50. The maximum Gasteiger partial charge on any atom is 0.133 e. The van der Waals surface area contributed by atoms with Gasteiger partial charge in [0.05, 0.1) is 0 Å². The van der Waals surface area contributed by atoms with Gasteiger partial charge in [-0.05, 0) is 42.6 Å². The number of nitrogens with zero attached hydrogens (tertiary/aromatic N) is 3. The molecule has 0 atom stereocenters. The number of halogens is 1. The summed E-state index contributed by atoms with van der Waals surface area (Å²) in [6.45, 7) is 9.91. The largest absolute Gasteiger partial charge is 0.354 e. The van der Waals surface area contributed by atoms with Gasteiger partial charge in [0.2, 0.25) is 0 Å². The molecule has 0 bridgehead atoms. The molecule has 19 heavy (non-hydrogen) atoms. The summed E-state index contributed by atoms with van der Waals surface area (Å²) in [4.78, 5) is 11.5. The lowest BCUT2D eigenvalue weighted by Crippen LogP contribution is -2.32. The monoisotopic (exact) mass is 327 g/mol. The van der Waals surface area contributed by atoms with E-state index in [4.69, 9.17) is 4.98 Å². The molecular formula is C15H26BrN3. The second-order valence-corrected chi connectivity index (χ2v) is 6.02. The first-order chi connectivity index (χ1) is 9.08. The van der Waals surface area contributed by atoms with E-state index in [2.05, 4.69) is 53.5 Å². The van der Waals surface area contributed by atoms with E-state index >= 15 is 0 Å². The number of hydrogen-bond acceptors (Lipinski definition) is 3. The molecule has 108 valence electrons. The molecule has 0 unspecified atom stereocenters. The second-order valence-electron chi connectivity index (χ2n) is 5.21. The van der Waals surface area contributed by atoms with Crippen molar-refractivity contribution in [2.24, 2.45) is 0 Å². The predicted octanol–water partition coefficient (Wildman–Crippen LogP) is 4.60. The predicted molar refractivity (Wildman–Crippen MR) is 85.7 cm³/mol. The smallest absolute Gasteiger partial charge is 0.133 e. The van der Waals surface area contributed by atoms with Gasteiger partial charge in [0, 0.05) is 25.1 Å². The Kier molecular flexibility index (Phi) is 7.36. The van der Waals surface area contributed by atoms with Crippen LogP contribution in [0.4, 0.5) is 5.82 Å². The molecule has 0 N–H and O–H groups in total. The molecule has 0 aliphatic carbocycles. The van der Waals surface area contributed by atoms with Crippen LogP contribution in [0.25, 0.3) is 0 Å². The van der Waals surface area contributed by atoms with Crippen LogP contribution in [-0.4, -0.2) is 22.6 Å². The summed E-state index contributed by atoms with van der Waals surface area (Å²) in [5.74, 6) is 1.99. The minimum atomic E-state index is 0.466. The topological polar surface area (TPSA) is 29.0 Å². The van der Waals surface area contributed by atoms with E-state index < -0.39 is 0 Å². The zero-order valence-electron chi connectivity index (χ0n) is 12.6. The lowest BCUT2D eigenvalue weighted by Gasteiger charge is -2.28. The van der Waals surface area contributed by atoms with Gasteiger partial charge in [-0.25, -0.2) is 9.97 Å². The first-order valence-electron chi connectivity index (χ1n) is 7.38. The summed E-state index contributed by atoms with van der Waals surface area (Å²) < 4.78 is 0.891. The molecule has 0 aliphatic rings. The van der Waals surface area contributed by atoms with Crippen LogP contribution < -0.4 is 4.90 Å². The molecule has 0 spiro atoms. The van der Waals surface area contributed by atoms with Crippen molar-refractivity contribution >= 4 is 21.7 Å². The van der Waals surface area contributed by atoms with Crippen molar-refractivity contribution in [3.8, 4) is 0 Å². The van der Waals surface area contributed by atoms with Crippen LogP contribution in [0, 0.1) is 0 Å². The van der Waals surface area contributed by atoms with Gasteiger partial charge in [-0.15, -0.1) is 0 Å². The molecule has 0 radical (unpaired) electrons. The fourth-order valence-corrected chi connectivity index (χ4v) is 2.51. The summed E-state index contributed by atoms with van der Waals surface area (Å²) >= 11 is 3.50. The van der Waals surface area contributed by atoms with Crippen LogP contribution in [0.5, 0.6) is 0 Å². The zero-order valence-corrected chi connectivity index (χ0v) is 14.2. The van der Waals surface area contributed by atoms with E-state index in [9.17, 15) is 0 Å². The normalized spacial score (nSPS) is 11.1. The van der Waals surface area contributed by atoms with Crippen LogP contribution >= 0.6 is 15.9 Å². The van der Waals surface area contributed by atoms with Gasteiger partial charge in [-0.1, -0.05) is 26.7 Å². The van der Waals surface area contributed by atoms with Crippen molar-refractivity contribution in [2.45, 2.75) is 65.8 Å². The molecule has 0 aromatic carbocycles. The van der Waals surface area contributed by atoms with Crippen LogP contribution in [0.1, 0.15) is 59.2 Å². The fraction of sp³-hybridized carbons (Fsp3) is 0.733. The van der Waals surface area contributed by atoms with Crippen LogP contribution in [0.2, 0.25) is 0 Å². The van der Waals surface area contributed by atoms with Crippen LogP contribution in [0.3, 0.4) is 0 Å². The van der Waals surface area contributed by atoms with E-state index in [-0.39, 0.29) is 0 Å². The third-order valence-electron chi connectivity index (χ3n) is 3.12. The van der Waals surface area contributed by atoms with Gasteiger partial charge in [0.25, 0.3) is 0 Å². The van der Waals surface area contributed by atoms with Gasteiger partial charge < -0.3 is 4.90 Å². The molecule has 0 saturated heterocycles. The second kappa shape index (κ2) is 8.51. The SMILES string of the molecule is CCCCCN(c1cc(Br)nc(CCC)n1)C(C)C. The summed E-state index contributed by atoms with van der Waals surface area (Å²) in [6.07, 6.45) is 5.76. The van der Waals surface area contributed by atoms with E-state index in [0.29, 0.717) is 6.04 Å². The Balaban J connectivity index is 2.88. The third kappa shape index (κ3) is 5.47. The molecule has 3 nitrogen and oxygen atoms in total. The van der Waals surface area contributed by atoms with Crippen molar-refractivity contribution in [1.82, 2.24) is 9.97 Å². The number of unbranched alkanes of at least 4 members (excludes halogenated alkanes) is 2. The highest BCUT2D eigenvalue weighted by molar-refractivity contribution is 9.10. The Hall–Kier alpha value is -0.640. The van der Waals surface area contributed by atoms with Crippen molar-refractivity contribution in [1.29, 1.82) is 0 Å². The molecule has 4 heteroatoms. The number of anilines is 1. The standard InChI is InChI=1S/C15H26BrN3/c1-5-7-8-10-19(12(3)4)15-11-13(16)17-14(18-15)9-6-2/h11-12H,5-10H2,1-4H3. The Labute approximate surface area is 126 Å². The van der Waals surface area contributed by atoms with E-state index in [1.807, 2.05) is 6.07 Å². The number of rotatable bonds is 8. The molecule has 1 heterocycles. The lowest BCUT2D eigenvalue weighted by molar-refractivity contribution is 0.616. The van der Waals surface area contributed by atoms with Gasteiger partial charge in [-0.3, -0.25) is 0 Å². The highest BCUT2D eigenvalue weighted by Crippen LogP contribution is 2.20. The fourth-order valence-electron chi connectivity index (χ4n) is 2.10. The average molecular weight is 328 g/mol. The summed E-state index contributed by atoms with van der Waals surface area (Å²) in [7, 11) is 0. The highest BCUT2D eigenvalue weighted by Gasteiger charge is 2.13. The van der Waals surface area contributed by atoms with Crippen molar-refractivity contribution in [3.63, 3.8) is 0 Å². The summed E-state index contributed by atoms with van der Waals surface area (Å²) in [5.41, 5.74) is 0. The van der Waals surface area contributed by atoms with E-state index in [0.717, 1.165) is 35.6 Å². The minimum absolute atomic E-state index is 0.466. The van der Waals surface area contributed by atoms with Crippen molar-refractivity contribution < 1.29 is 0 Å². The number of aryl methyl sites for hydroxylation is 1. The lowest BCUT2D eigenvalue weighted by atomic mass is 10.2. The Morgan fingerprint density at radius 3 is 2.47 bits per heavy atom. The van der Waals surface area contributed by atoms with Crippen LogP contribution in [0.15, 0.2) is 10.7 Å². The van der Waals surface area contributed by atoms with Gasteiger partial charge in [0.15, 0.2) is 0 Å². The highest BCUT2D eigenvalue weighted by atomic mass is 79.9. The summed E-state index contributed by atoms with van der Waals surface area (Å²) in [5, 5.41) is 0. The first kappa shape index (κ1) is 16.4. The average Bonchev–Trinajstić information content (AvgIpc) is 2.33. The molecular weight excluding hydrogens is 302 g/mol. The number of hydrogen-bond donors (Lipinski definition) is 0. The Bertz CT molecular complexity index is 380. The maximum atomic E-state index is 4.71. The van der Waals surface area contributed by atoms with Crippen LogP contribution in [-0.2, 0) is 6.42 Å². The molecule has 0 aliphatic heterocycles. The third-order valence-corrected chi connectivity index (χ3v) is 3.53. The maximum absolute atomic E-state index is 4.71. The zero-order chi connectivity index (χ0) is 14.3. The first-order valence-corrected chi connectivity index (χ1v) is 8.17. The van der Waals surface area contributed by atoms with E-state index in [1.165, 1.54) is 19.3 Å². The van der Waals surface area contributed by atoms with Gasteiger partial charge in [-0.2, -0.15) is 0 Å². The quantitative estimate of drug-likeness (QED) is 0.516. The Morgan fingerprint density at radius 1 is 1.16 bits per heavy atom. The molecule has 1 rings (SSSR count). The van der Waals surface area contributed by atoms with E-state index in [1.54, 1.807) is 0 Å². The van der Waals surface area contributed by atoms with Gasteiger partial charge >= 0.3 is 0 Å². The minimum Gasteiger partial charge on any atom is -0.354 e. The molecule has 1 aromatic heterocycles. The van der Waals surface area contributed by atoms with Gasteiger partial charge in [0.1, 0.15) is 16.2 Å². The Morgan fingerprint density at radius 2 is 1.89 bits per heavy atom. The molecule has 0 saturated carbocycles. The molecule has 0 amide bonds. The van der Waals surface area contributed by atoms with Crippen molar-refractivity contribution in [2.75, 3.05) is 11.4 Å². The number of aromatic nitrogens is 2. The molecule has 0 fully saturated rings. The van der Waals surface area contributed by atoms with Crippen molar-refractivity contribution in [3.05, 3.63) is 16.5 Å².